The second-order valence-corrected chi connectivity index (χ2v) is 6.25. The SMILES string of the molecule is C[C@H](NC(=O)CC1(C(=O)O)CCCC1)c1cccs1. The largest absolute Gasteiger partial charge is 0.481 e. The molecule has 1 fully saturated rings. The van der Waals surface area contributed by atoms with Crippen molar-refractivity contribution < 1.29 is 14.7 Å². The molecule has 1 aromatic rings. The third kappa shape index (κ3) is 3.15. The maximum absolute atomic E-state index is 12.0. The van der Waals surface area contributed by atoms with E-state index in [0.29, 0.717) is 12.8 Å². The molecule has 0 spiro atoms. The normalized spacial score (nSPS) is 19.0. The third-order valence-corrected chi connectivity index (χ3v) is 4.92. The first-order valence-corrected chi connectivity index (χ1v) is 7.48. The Balaban J connectivity index is 1.95. The van der Waals surface area contributed by atoms with Gasteiger partial charge >= 0.3 is 5.97 Å². The van der Waals surface area contributed by atoms with E-state index in [4.69, 9.17) is 0 Å². The second kappa shape index (κ2) is 5.74. The van der Waals surface area contributed by atoms with E-state index < -0.39 is 11.4 Å². The molecule has 1 amide bonds. The van der Waals surface area contributed by atoms with Crippen molar-refractivity contribution >= 4 is 23.2 Å². The van der Waals surface area contributed by atoms with E-state index in [-0.39, 0.29) is 18.4 Å². The first-order chi connectivity index (χ1) is 9.03. The van der Waals surface area contributed by atoms with E-state index in [0.717, 1.165) is 17.7 Å². The first kappa shape index (κ1) is 14.1. The number of amides is 1. The van der Waals surface area contributed by atoms with Crippen LogP contribution in [-0.2, 0) is 9.59 Å². The summed E-state index contributed by atoms with van der Waals surface area (Å²) < 4.78 is 0. The molecule has 1 aliphatic rings. The smallest absolute Gasteiger partial charge is 0.310 e. The molecule has 0 aliphatic heterocycles. The fraction of sp³-hybridized carbons (Fsp3) is 0.571. The van der Waals surface area contributed by atoms with Crippen LogP contribution in [0, 0.1) is 5.41 Å². The van der Waals surface area contributed by atoms with E-state index in [1.807, 2.05) is 24.4 Å². The summed E-state index contributed by atoms with van der Waals surface area (Å²) >= 11 is 1.59. The average molecular weight is 281 g/mol. The molecule has 0 bridgehead atoms. The van der Waals surface area contributed by atoms with Gasteiger partial charge in [-0.2, -0.15) is 0 Å². The summed E-state index contributed by atoms with van der Waals surface area (Å²) in [4.78, 5) is 24.5. The van der Waals surface area contributed by atoms with Gasteiger partial charge in [0, 0.05) is 11.3 Å². The average Bonchev–Trinajstić information content (AvgIpc) is 2.99. The van der Waals surface area contributed by atoms with E-state index in [2.05, 4.69) is 5.32 Å². The highest BCUT2D eigenvalue weighted by molar-refractivity contribution is 7.10. The number of aliphatic carboxylic acids is 1. The van der Waals surface area contributed by atoms with Gasteiger partial charge in [0.25, 0.3) is 0 Å². The highest BCUT2D eigenvalue weighted by atomic mass is 32.1. The molecule has 0 saturated heterocycles. The molecule has 0 unspecified atom stereocenters. The highest BCUT2D eigenvalue weighted by Gasteiger charge is 2.43. The topological polar surface area (TPSA) is 66.4 Å². The van der Waals surface area contributed by atoms with Crippen LogP contribution in [-0.4, -0.2) is 17.0 Å². The summed E-state index contributed by atoms with van der Waals surface area (Å²) in [5.74, 6) is -0.992. The molecule has 0 aromatic carbocycles. The van der Waals surface area contributed by atoms with Crippen molar-refractivity contribution in [3.05, 3.63) is 22.4 Å². The number of carboxylic acids is 1. The Labute approximate surface area is 116 Å². The van der Waals surface area contributed by atoms with Crippen LogP contribution in [0.1, 0.15) is 49.9 Å². The van der Waals surface area contributed by atoms with Crippen molar-refractivity contribution in [2.45, 2.75) is 45.1 Å². The molecule has 1 atom stereocenters. The summed E-state index contributed by atoms with van der Waals surface area (Å²) in [6.07, 6.45) is 3.13. The molecule has 19 heavy (non-hydrogen) atoms. The summed E-state index contributed by atoms with van der Waals surface area (Å²) in [5.41, 5.74) is -0.834. The van der Waals surface area contributed by atoms with E-state index in [1.165, 1.54) is 0 Å². The quantitative estimate of drug-likeness (QED) is 0.872. The van der Waals surface area contributed by atoms with Crippen LogP contribution in [0.25, 0.3) is 0 Å². The number of carboxylic acid groups (broad SMARTS) is 1. The number of carbonyl (C=O) groups excluding carboxylic acids is 1. The van der Waals surface area contributed by atoms with Crippen LogP contribution in [0.15, 0.2) is 17.5 Å². The van der Waals surface area contributed by atoms with Gasteiger partial charge in [-0.05, 0) is 31.2 Å². The zero-order chi connectivity index (χ0) is 13.9. The zero-order valence-electron chi connectivity index (χ0n) is 11.0. The van der Waals surface area contributed by atoms with E-state index >= 15 is 0 Å². The molecular weight excluding hydrogens is 262 g/mol. The van der Waals surface area contributed by atoms with Crippen LogP contribution >= 0.6 is 11.3 Å². The van der Waals surface area contributed by atoms with Gasteiger partial charge in [0.1, 0.15) is 0 Å². The number of hydrogen-bond acceptors (Lipinski definition) is 3. The predicted molar refractivity (Wildman–Crippen MR) is 74.0 cm³/mol. The van der Waals surface area contributed by atoms with E-state index in [9.17, 15) is 14.7 Å². The molecule has 1 heterocycles. The minimum Gasteiger partial charge on any atom is -0.481 e. The Morgan fingerprint density at radius 3 is 2.68 bits per heavy atom. The van der Waals surface area contributed by atoms with Crippen molar-refractivity contribution in [3.63, 3.8) is 0 Å². The summed E-state index contributed by atoms with van der Waals surface area (Å²) in [7, 11) is 0. The van der Waals surface area contributed by atoms with Crippen LogP contribution in [0.3, 0.4) is 0 Å². The molecular formula is C14H19NO3S. The van der Waals surface area contributed by atoms with Crippen molar-refractivity contribution in [1.29, 1.82) is 0 Å². The van der Waals surface area contributed by atoms with Gasteiger partial charge in [0.05, 0.1) is 11.5 Å². The van der Waals surface area contributed by atoms with Crippen LogP contribution in [0.2, 0.25) is 0 Å². The molecule has 0 radical (unpaired) electrons. The monoisotopic (exact) mass is 281 g/mol. The lowest BCUT2D eigenvalue weighted by Crippen LogP contribution is -2.36. The Bertz CT molecular complexity index is 449. The molecule has 1 saturated carbocycles. The van der Waals surface area contributed by atoms with Gasteiger partial charge in [0.15, 0.2) is 0 Å². The van der Waals surface area contributed by atoms with Crippen molar-refractivity contribution in [2.75, 3.05) is 0 Å². The van der Waals surface area contributed by atoms with Gasteiger partial charge < -0.3 is 10.4 Å². The van der Waals surface area contributed by atoms with Crippen molar-refractivity contribution in [3.8, 4) is 0 Å². The number of carbonyl (C=O) groups is 2. The number of rotatable bonds is 5. The summed E-state index contributed by atoms with van der Waals surface area (Å²) in [6.45, 7) is 1.92. The number of nitrogens with one attached hydrogen (secondary N) is 1. The van der Waals surface area contributed by atoms with Gasteiger partial charge in [0.2, 0.25) is 5.91 Å². The molecule has 2 rings (SSSR count). The highest BCUT2D eigenvalue weighted by Crippen LogP contribution is 2.41. The lowest BCUT2D eigenvalue weighted by Gasteiger charge is -2.24. The molecule has 2 N–H and O–H groups in total. The summed E-state index contributed by atoms with van der Waals surface area (Å²) in [5, 5.41) is 14.2. The Kier molecular flexibility index (Phi) is 4.24. The molecule has 1 aliphatic carbocycles. The van der Waals surface area contributed by atoms with Crippen LogP contribution in [0.4, 0.5) is 0 Å². The standard InChI is InChI=1S/C14H19NO3S/c1-10(11-5-4-8-19-11)15-12(16)9-14(13(17)18)6-2-3-7-14/h4-5,8,10H,2-3,6-7,9H2,1H3,(H,15,16)(H,17,18)/t10-/m0/s1. The lowest BCUT2D eigenvalue weighted by atomic mass is 9.82. The number of hydrogen-bond donors (Lipinski definition) is 2. The fourth-order valence-electron chi connectivity index (χ4n) is 2.73. The van der Waals surface area contributed by atoms with Gasteiger partial charge in [-0.15, -0.1) is 11.3 Å². The maximum atomic E-state index is 12.0. The lowest BCUT2D eigenvalue weighted by molar-refractivity contribution is -0.151. The molecule has 5 heteroatoms. The third-order valence-electron chi connectivity index (χ3n) is 3.86. The van der Waals surface area contributed by atoms with Gasteiger partial charge in [-0.25, -0.2) is 0 Å². The number of thiophene rings is 1. The maximum Gasteiger partial charge on any atom is 0.310 e. The van der Waals surface area contributed by atoms with Crippen LogP contribution in [0.5, 0.6) is 0 Å². The van der Waals surface area contributed by atoms with E-state index in [1.54, 1.807) is 11.3 Å². The predicted octanol–water partition coefficient (Wildman–Crippen LogP) is 2.96. The zero-order valence-corrected chi connectivity index (χ0v) is 11.8. The minimum atomic E-state index is -0.834. The van der Waals surface area contributed by atoms with Crippen molar-refractivity contribution in [2.24, 2.45) is 5.41 Å². The Morgan fingerprint density at radius 2 is 2.16 bits per heavy atom. The summed E-state index contributed by atoms with van der Waals surface area (Å²) in [6, 6.07) is 3.86. The Hall–Kier alpha value is -1.36. The second-order valence-electron chi connectivity index (χ2n) is 5.27. The minimum absolute atomic E-state index is 0.0558. The first-order valence-electron chi connectivity index (χ1n) is 6.60. The fourth-order valence-corrected chi connectivity index (χ4v) is 3.46. The van der Waals surface area contributed by atoms with Crippen LogP contribution < -0.4 is 5.32 Å². The Morgan fingerprint density at radius 1 is 1.47 bits per heavy atom. The van der Waals surface area contributed by atoms with Crippen molar-refractivity contribution in [1.82, 2.24) is 5.32 Å². The molecule has 4 nitrogen and oxygen atoms in total. The van der Waals surface area contributed by atoms with Gasteiger partial charge in [-0.1, -0.05) is 18.9 Å². The molecule has 1 aromatic heterocycles. The molecule has 104 valence electrons. The van der Waals surface area contributed by atoms with Gasteiger partial charge in [-0.3, -0.25) is 9.59 Å².